The van der Waals surface area contributed by atoms with Gasteiger partial charge in [-0.2, -0.15) is 0 Å². The lowest BCUT2D eigenvalue weighted by Gasteiger charge is -2.26. The second-order valence-electron chi connectivity index (χ2n) is 10.7. The molecule has 0 saturated carbocycles. The van der Waals surface area contributed by atoms with Crippen molar-refractivity contribution in [1.29, 1.82) is 0 Å². The highest BCUT2D eigenvalue weighted by atomic mass is 19.1. The number of anilines is 1. The summed E-state index contributed by atoms with van der Waals surface area (Å²) in [5.41, 5.74) is 4.02. The number of amides is 1. The van der Waals surface area contributed by atoms with E-state index in [-0.39, 0.29) is 18.1 Å². The topological polar surface area (TPSA) is 85.3 Å². The number of nitrogens with zero attached hydrogens (tertiary/aromatic N) is 1. The summed E-state index contributed by atoms with van der Waals surface area (Å²) in [7, 11) is 1.56. The number of carbonyl (C=O) groups is 2. The lowest BCUT2D eigenvalue weighted by atomic mass is 9.95. The van der Waals surface area contributed by atoms with Gasteiger partial charge in [-0.1, -0.05) is 54.6 Å². The van der Waals surface area contributed by atoms with Crippen molar-refractivity contribution in [2.45, 2.75) is 18.8 Å². The molecular formula is C38H30FNO6. The van der Waals surface area contributed by atoms with Crippen LogP contribution in [0.3, 0.4) is 0 Å². The van der Waals surface area contributed by atoms with Gasteiger partial charge in [0.2, 0.25) is 0 Å². The van der Waals surface area contributed by atoms with Crippen molar-refractivity contribution in [2.24, 2.45) is 0 Å². The molecule has 1 amide bonds. The molecule has 1 heterocycles. The molecule has 1 aliphatic heterocycles. The number of phenolic OH excluding ortho intramolecular Hbond substituents is 1. The van der Waals surface area contributed by atoms with Crippen LogP contribution in [-0.4, -0.2) is 30.2 Å². The van der Waals surface area contributed by atoms with E-state index in [2.05, 4.69) is 0 Å². The molecule has 230 valence electrons. The molecule has 1 N–H and O–H groups in total. The molecule has 2 atom stereocenters. The average Bonchev–Trinajstić information content (AvgIpc) is 3.42. The molecule has 5 aromatic carbocycles. The Balaban J connectivity index is 1.44. The Labute approximate surface area is 265 Å². The Morgan fingerprint density at radius 1 is 0.891 bits per heavy atom. The number of rotatable bonds is 10. The fourth-order valence-electron chi connectivity index (χ4n) is 5.36. The lowest BCUT2D eigenvalue weighted by molar-refractivity contribution is 0.104. The lowest BCUT2D eigenvalue weighted by Crippen LogP contribution is -2.29. The number of methoxy groups -OCH3 is 1. The van der Waals surface area contributed by atoms with E-state index in [4.69, 9.17) is 14.2 Å². The predicted molar refractivity (Wildman–Crippen MR) is 173 cm³/mol. The normalized spacial score (nSPS) is 16.0. The van der Waals surface area contributed by atoms with Crippen LogP contribution >= 0.6 is 0 Å². The van der Waals surface area contributed by atoms with Gasteiger partial charge in [0.15, 0.2) is 5.78 Å². The van der Waals surface area contributed by atoms with Crippen molar-refractivity contribution >= 4 is 17.6 Å². The van der Waals surface area contributed by atoms with Crippen LogP contribution in [-0.2, 0) is 11.3 Å². The summed E-state index contributed by atoms with van der Waals surface area (Å²) >= 11 is 0. The second-order valence-corrected chi connectivity index (χ2v) is 10.7. The molecule has 0 aromatic heterocycles. The number of cyclic esters (lactones) is 1. The summed E-state index contributed by atoms with van der Waals surface area (Å²) in [6.45, 7) is 0.255. The van der Waals surface area contributed by atoms with E-state index in [0.29, 0.717) is 28.3 Å². The van der Waals surface area contributed by atoms with Gasteiger partial charge in [0.1, 0.15) is 41.8 Å². The van der Waals surface area contributed by atoms with Gasteiger partial charge in [-0.15, -0.1) is 0 Å². The summed E-state index contributed by atoms with van der Waals surface area (Å²) in [5.74, 6) is 0.436. The monoisotopic (exact) mass is 615 g/mol. The maximum atomic E-state index is 13.5. The highest BCUT2D eigenvalue weighted by molar-refractivity contribution is 6.04. The quantitative estimate of drug-likeness (QED) is 0.126. The van der Waals surface area contributed by atoms with Crippen LogP contribution in [0.25, 0.3) is 11.1 Å². The molecule has 8 heteroatoms. The van der Waals surface area contributed by atoms with E-state index in [1.54, 1.807) is 55.7 Å². The molecule has 46 heavy (non-hydrogen) atoms. The molecule has 0 radical (unpaired) electrons. The van der Waals surface area contributed by atoms with Crippen LogP contribution in [0.5, 0.6) is 17.2 Å². The van der Waals surface area contributed by atoms with Crippen LogP contribution in [0, 0.1) is 5.82 Å². The molecule has 6 rings (SSSR count). The Hall–Kier alpha value is -5.89. The third kappa shape index (κ3) is 6.61. The molecule has 0 aliphatic carbocycles. The molecule has 1 aliphatic rings. The Morgan fingerprint density at radius 3 is 2.35 bits per heavy atom. The number of hydrogen-bond donors (Lipinski definition) is 1. The zero-order valence-corrected chi connectivity index (χ0v) is 24.9. The van der Waals surface area contributed by atoms with E-state index in [9.17, 15) is 19.1 Å². The summed E-state index contributed by atoms with van der Waals surface area (Å²) in [5, 5.41) is 10.1. The summed E-state index contributed by atoms with van der Waals surface area (Å²) < 4.78 is 31.1. The van der Waals surface area contributed by atoms with Gasteiger partial charge in [0, 0.05) is 16.8 Å². The molecule has 0 spiro atoms. The van der Waals surface area contributed by atoms with Crippen molar-refractivity contribution in [3.8, 4) is 28.4 Å². The Morgan fingerprint density at radius 2 is 1.63 bits per heavy atom. The van der Waals surface area contributed by atoms with Gasteiger partial charge in [0.05, 0.1) is 7.11 Å². The number of ketones is 1. The van der Waals surface area contributed by atoms with Gasteiger partial charge in [-0.05, 0) is 95.6 Å². The minimum Gasteiger partial charge on any atom is -0.508 e. The van der Waals surface area contributed by atoms with Crippen molar-refractivity contribution in [2.75, 3.05) is 12.0 Å². The number of halogens is 1. The molecular weight excluding hydrogens is 585 g/mol. The summed E-state index contributed by atoms with van der Waals surface area (Å²) in [6, 6.07) is 33.7. The van der Waals surface area contributed by atoms with Gasteiger partial charge in [-0.25, -0.2) is 9.18 Å². The molecule has 0 unspecified atom stereocenters. The second kappa shape index (κ2) is 13.4. The van der Waals surface area contributed by atoms with Crippen LogP contribution < -0.4 is 14.4 Å². The SMILES string of the molecule is COc1ccc(N2C(=O)O[C@H](/C=C/C(=O)c3ccc(F)cc3)[C@H]2c2ccc(-c3cccc(O)c3)cc2OCc2ccccc2)cc1. The number of aromatic hydroxyl groups is 1. The van der Waals surface area contributed by atoms with Crippen LogP contribution in [0.2, 0.25) is 0 Å². The van der Waals surface area contributed by atoms with Gasteiger partial charge >= 0.3 is 6.09 Å². The molecule has 1 fully saturated rings. The number of phenols is 1. The van der Waals surface area contributed by atoms with E-state index in [1.165, 1.54) is 35.2 Å². The molecule has 0 bridgehead atoms. The van der Waals surface area contributed by atoms with Crippen LogP contribution in [0.1, 0.15) is 27.5 Å². The first-order valence-electron chi connectivity index (χ1n) is 14.6. The van der Waals surface area contributed by atoms with Gasteiger partial charge in [-0.3, -0.25) is 9.69 Å². The number of hydrogen-bond acceptors (Lipinski definition) is 6. The third-order valence-corrected chi connectivity index (χ3v) is 7.69. The van der Waals surface area contributed by atoms with Crippen molar-refractivity contribution in [1.82, 2.24) is 0 Å². The number of ether oxygens (including phenoxy) is 3. The van der Waals surface area contributed by atoms with Crippen LogP contribution in [0.15, 0.2) is 133 Å². The van der Waals surface area contributed by atoms with Crippen molar-refractivity contribution < 1.29 is 33.3 Å². The van der Waals surface area contributed by atoms with E-state index >= 15 is 0 Å². The Kier molecular flexibility index (Phi) is 8.78. The first-order chi connectivity index (χ1) is 22.4. The van der Waals surface area contributed by atoms with Crippen molar-refractivity contribution in [3.63, 3.8) is 0 Å². The number of allylic oxidation sites excluding steroid dienone is 1. The minimum atomic E-state index is -0.885. The van der Waals surface area contributed by atoms with Gasteiger partial charge < -0.3 is 19.3 Å². The highest BCUT2D eigenvalue weighted by Gasteiger charge is 2.44. The molecule has 7 nitrogen and oxygen atoms in total. The maximum Gasteiger partial charge on any atom is 0.415 e. The molecule has 1 saturated heterocycles. The standard InChI is InChI=1S/C38H30FNO6/c1-44-32-17-15-30(16-18-32)40-37(35(46-38(40)43)21-20-34(42)26-10-13-29(39)14-11-26)33-19-12-28(27-8-5-9-31(41)22-27)23-36(33)45-24-25-6-3-2-4-7-25/h2-23,35,37,41H,24H2,1H3/b21-20+/t35-,37-/m1/s1. The fraction of sp³-hybridized carbons (Fsp3) is 0.105. The predicted octanol–water partition coefficient (Wildman–Crippen LogP) is 8.29. The summed E-state index contributed by atoms with van der Waals surface area (Å²) in [6.07, 6.45) is 1.39. The maximum absolute atomic E-state index is 13.5. The summed E-state index contributed by atoms with van der Waals surface area (Å²) in [4.78, 5) is 28.1. The van der Waals surface area contributed by atoms with E-state index in [0.717, 1.165) is 16.7 Å². The number of benzene rings is 5. The average molecular weight is 616 g/mol. The molecule has 5 aromatic rings. The van der Waals surface area contributed by atoms with Crippen molar-refractivity contribution in [3.05, 3.63) is 156 Å². The smallest absolute Gasteiger partial charge is 0.415 e. The van der Waals surface area contributed by atoms with Gasteiger partial charge in [0.25, 0.3) is 0 Å². The first kappa shape index (κ1) is 30.1. The Bertz CT molecular complexity index is 1870. The third-order valence-electron chi connectivity index (χ3n) is 7.69. The highest BCUT2D eigenvalue weighted by Crippen LogP contribution is 2.43. The zero-order chi connectivity index (χ0) is 32.0. The largest absolute Gasteiger partial charge is 0.508 e. The minimum absolute atomic E-state index is 0.129. The van der Waals surface area contributed by atoms with E-state index in [1.807, 2.05) is 54.6 Å². The fourth-order valence-corrected chi connectivity index (χ4v) is 5.36. The van der Waals surface area contributed by atoms with Crippen LogP contribution in [0.4, 0.5) is 14.9 Å². The number of carbonyl (C=O) groups excluding carboxylic acids is 2. The zero-order valence-electron chi connectivity index (χ0n) is 24.9. The van der Waals surface area contributed by atoms with E-state index < -0.39 is 24.1 Å². The first-order valence-corrected chi connectivity index (χ1v) is 14.6.